The monoisotopic (exact) mass is 512 g/mol. The van der Waals surface area contributed by atoms with E-state index in [9.17, 15) is 14.7 Å². The number of aromatic nitrogens is 3. The van der Waals surface area contributed by atoms with E-state index in [2.05, 4.69) is 22.5 Å². The lowest BCUT2D eigenvalue weighted by atomic mass is 9.95. The zero-order valence-corrected chi connectivity index (χ0v) is 21.5. The van der Waals surface area contributed by atoms with Crippen molar-refractivity contribution in [1.29, 1.82) is 0 Å². The van der Waals surface area contributed by atoms with E-state index in [-0.39, 0.29) is 6.42 Å². The molecule has 0 aliphatic heterocycles. The number of ether oxygens (including phenoxy) is 1. The predicted molar refractivity (Wildman–Crippen MR) is 144 cm³/mol. The van der Waals surface area contributed by atoms with Gasteiger partial charge in [0.05, 0.1) is 12.1 Å². The van der Waals surface area contributed by atoms with Crippen LogP contribution in [0.25, 0.3) is 10.9 Å². The Morgan fingerprint density at radius 1 is 1.08 bits per heavy atom. The molecule has 0 bridgehead atoms. The zero-order valence-electron chi connectivity index (χ0n) is 21.5. The summed E-state index contributed by atoms with van der Waals surface area (Å²) < 4.78 is 7.56. The first kappa shape index (κ1) is 25.4. The van der Waals surface area contributed by atoms with Gasteiger partial charge in [0.2, 0.25) is 0 Å². The number of benzene rings is 2. The number of nitrogens with zero attached hydrogens (tertiary/aromatic N) is 3. The van der Waals surface area contributed by atoms with Gasteiger partial charge in [-0.05, 0) is 80.0 Å². The molecule has 196 valence electrons. The number of rotatable bonds is 10. The Kier molecular flexibility index (Phi) is 7.67. The van der Waals surface area contributed by atoms with Gasteiger partial charge in [0.1, 0.15) is 11.8 Å². The quantitative estimate of drug-likeness (QED) is 0.307. The van der Waals surface area contributed by atoms with Crippen LogP contribution in [-0.2, 0) is 37.5 Å². The first-order chi connectivity index (χ1) is 18.4. The second-order valence-electron chi connectivity index (χ2n) is 9.86. The van der Waals surface area contributed by atoms with E-state index in [0.717, 1.165) is 48.1 Å². The molecule has 0 saturated carbocycles. The van der Waals surface area contributed by atoms with E-state index in [1.54, 1.807) is 22.9 Å². The van der Waals surface area contributed by atoms with Crippen molar-refractivity contribution in [2.75, 3.05) is 6.61 Å². The molecule has 1 unspecified atom stereocenters. The Morgan fingerprint density at radius 2 is 1.89 bits per heavy atom. The zero-order chi connectivity index (χ0) is 26.5. The van der Waals surface area contributed by atoms with Crippen molar-refractivity contribution < 1.29 is 19.4 Å². The number of amides is 1. The molecule has 4 aromatic rings. The summed E-state index contributed by atoms with van der Waals surface area (Å²) >= 11 is 0. The second-order valence-corrected chi connectivity index (χ2v) is 9.86. The first-order valence-corrected chi connectivity index (χ1v) is 13.1. The summed E-state index contributed by atoms with van der Waals surface area (Å²) in [5, 5.41) is 17.6. The number of carboxylic acids is 1. The van der Waals surface area contributed by atoms with Gasteiger partial charge in [-0.1, -0.05) is 24.3 Å². The number of carbonyl (C=O) groups excluding carboxylic acids is 1. The van der Waals surface area contributed by atoms with Gasteiger partial charge < -0.3 is 15.2 Å². The summed E-state index contributed by atoms with van der Waals surface area (Å²) in [6, 6.07) is 15.8. The molecule has 0 spiro atoms. The smallest absolute Gasteiger partial charge is 0.326 e. The van der Waals surface area contributed by atoms with Crippen molar-refractivity contribution in [3.05, 3.63) is 88.9 Å². The molecule has 2 heterocycles. The molecule has 0 fully saturated rings. The summed E-state index contributed by atoms with van der Waals surface area (Å²) in [4.78, 5) is 29.4. The molecule has 8 heteroatoms. The van der Waals surface area contributed by atoms with Crippen molar-refractivity contribution >= 4 is 22.8 Å². The number of aryl methyl sites for hydroxylation is 4. The maximum atomic E-state index is 12.7. The molecule has 1 aliphatic carbocycles. The van der Waals surface area contributed by atoms with Crippen LogP contribution >= 0.6 is 0 Å². The van der Waals surface area contributed by atoms with Gasteiger partial charge in [-0.25, -0.2) is 4.79 Å². The topological polar surface area (TPSA) is 106 Å². The highest BCUT2D eigenvalue weighted by Gasteiger charge is 2.21. The minimum absolute atomic E-state index is 0.164. The van der Waals surface area contributed by atoms with Gasteiger partial charge >= 0.3 is 5.97 Å². The Hall–Kier alpha value is -4.20. The minimum atomic E-state index is -1.09. The molecule has 0 radical (unpaired) electrons. The van der Waals surface area contributed by atoms with Gasteiger partial charge in [0.25, 0.3) is 5.91 Å². The van der Waals surface area contributed by atoms with Crippen LogP contribution in [-0.4, -0.2) is 44.4 Å². The van der Waals surface area contributed by atoms with E-state index < -0.39 is 17.9 Å². The van der Waals surface area contributed by atoms with Gasteiger partial charge in [-0.2, -0.15) is 5.10 Å². The molecule has 2 aromatic heterocycles. The fraction of sp³-hybridized carbons (Fsp3) is 0.333. The van der Waals surface area contributed by atoms with E-state index in [4.69, 9.17) is 9.72 Å². The van der Waals surface area contributed by atoms with Crippen LogP contribution in [0.4, 0.5) is 0 Å². The van der Waals surface area contributed by atoms with Crippen molar-refractivity contribution in [3.63, 3.8) is 0 Å². The third-order valence-electron chi connectivity index (χ3n) is 6.93. The molecule has 1 atom stereocenters. The highest BCUT2D eigenvalue weighted by Crippen LogP contribution is 2.20. The standard InChI is InChI=1S/C30H32N4O4/c1-34-19-23-11-10-22(18-27(23)33-34)29(35)32-28(30(36)37)17-20-8-14-25(15-9-20)38-16-4-6-24-13-12-21-5-2-3-7-26(21)31-24/h8-15,18-19,28H,2-7,16-17H2,1H3,(H,32,35)(H,36,37). The van der Waals surface area contributed by atoms with Crippen LogP contribution in [0.3, 0.4) is 0 Å². The van der Waals surface area contributed by atoms with Crippen LogP contribution < -0.4 is 10.1 Å². The lowest BCUT2D eigenvalue weighted by Crippen LogP contribution is -2.42. The molecule has 1 amide bonds. The van der Waals surface area contributed by atoms with E-state index in [1.807, 2.05) is 37.5 Å². The van der Waals surface area contributed by atoms with E-state index >= 15 is 0 Å². The molecule has 38 heavy (non-hydrogen) atoms. The normalized spacial score (nSPS) is 13.6. The summed E-state index contributed by atoms with van der Waals surface area (Å²) in [5.41, 5.74) is 5.62. The number of pyridine rings is 1. The number of fused-ring (bicyclic) bond motifs is 2. The Balaban J connectivity index is 1.11. The Morgan fingerprint density at radius 3 is 2.71 bits per heavy atom. The lowest BCUT2D eigenvalue weighted by molar-refractivity contribution is -0.139. The third kappa shape index (κ3) is 6.19. The van der Waals surface area contributed by atoms with Crippen molar-refractivity contribution in [1.82, 2.24) is 20.1 Å². The average molecular weight is 513 g/mol. The van der Waals surface area contributed by atoms with E-state index in [0.29, 0.717) is 17.7 Å². The molecule has 8 nitrogen and oxygen atoms in total. The highest BCUT2D eigenvalue weighted by molar-refractivity contribution is 5.99. The molecule has 2 N–H and O–H groups in total. The number of carbonyl (C=O) groups is 2. The maximum Gasteiger partial charge on any atom is 0.326 e. The summed E-state index contributed by atoms with van der Waals surface area (Å²) in [5.74, 6) is -0.807. The second kappa shape index (κ2) is 11.5. The Labute approximate surface area is 221 Å². The number of nitrogens with one attached hydrogen (secondary N) is 1. The summed E-state index contributed by atoms with van der Waals surface area (Å²) in [6.45, 7) is 0.576. The van der Waals surface area contributed by atoms with Crippen LogP contribution in [0, 0.1) is 0 Å². The van der Waals surface area contributed by atoms with E-state index in [1.165, 1.54) is 24.1 Å². The minimum Gasteiger partial charge on any atom is -0.494 e. The Bertz CT molecular complexity index is 1440. The fourth-order valence-electron chi connectivity index (χ4n) is 4.89. The van der Waals surface area contributed by atoms with Crippen LogP contribution in [0.15, 0.2) is 60.8 Å². The van der Waals surface area contributed by atoms with Crippen molar-refractivity contribution in [2.24, 2.45) is 7.05 Å². The number of hydrogen-bond donors (Lipinski definition) is 2. The number of aliphatic carboxylic acids is 1. The molecule has 5 rings (SSSR count). The first-order valence-electron chi connectivity index (χ1n) is 13.1. The third-order valence-corrected chi connectivity index (χ3v) is 6.93. The van der Waals surface area contributed by atoms with Crippen molar-refractivity contribution in [2.45, 2.75) is 51.0 Å². The average Bonchev–Trinajstić information content (AvgIpc) is 3.30. The maximum absolute atomic E-state index is 12.7. The number of hydrogen-bond acceptors (Lipinski definition) is 5. The van der Waals surface area contributed by atoms with Crippen LogP contribution in [0.2, 0.25) is 0 Å². The predicted octanol–water partition coefficient (Wildman–Crippen LogP) is 4.28. The van der Waals surface area contributed by atoms with Crippen LogP contribution in [0.5, 0.6) is 5.75 Å². The molecule has 1 aliphatic rings. The number of carboxylic acid groups (broad SMARTS) is 1. The van der Waals surface area contributed by atoms with Crippen LogP contribution in [0.1, 0.15) is 52.1 Å². The van der Waals surface area contributed by atoms with Gasteiger partial charge in [-0.3, -0.25) is 14.5 Å². The largest absolute Gasteiger partial charge is 0.494 e. The molecule has 2 aromatic carbocycles. The van der Waals surface area contributed by atoms with Gasteiger partial charge in [-0.15, -0.1) is 0 Å². The molecule has 0 saturated heterocycles. The highest BCUT2D eigenvalue weighted by atomic mass is 16.5. The molecular weight excluding hydrogens is 480 g/mol. The lowest BCUT2D eigenvalue weighted by Gasteiger charge is -2.16. The molecular formula is C30H32N4O4. The fourth-order valence-corrected chi connectivity index (χ4v) is 4.89. The summed E-state index contributed by atoms with van der Waals surface area (Å²) in [6.07, 6.45) is 8.47. The SMILES string of the molecule is Cn1cc2ccc(C(=O)NC(Cc3ccc(OCCCc4ccc5c(n4)CCCC5)cc3)C(=O)O)cc2n1. The van der Waals surface area contributed by atoms with Gasteiger partial charge in [0, 0.05) is 42.0 Å². The summed E-state index contributed by atoms with van der Waals surface area (Å²) in [7, 11) is 1.81. The van der Waals surface area contributed by atoms with Crippen molar-refractivity contribution in [3.8, 4) is 5.75 Å². The van der Waals surface area contributed by atoms with Gasteiger partial charge in [0.15, 0.2) is 0 Å².